The van der Waals surface area contributed by atoms with E-state index in [2.05, 4.69) is 35.8 Å². The lowest BCUT2D eigenvalue weighted by atomic mass is 10.1. The first-order valence-electron chi connectivity index (χ1n) is 9.22. The number of nitro benzene ring substituents is 2. The van der Waals surface area contributed by atoms with Crippen LogP contribution in [0, 0.1) is 20.2 Å². The van der Waals surface area contributed by atoms with Crippen molar-refractivity contribution in [2.24, 2.45) is 5.10 Å². The Kier molecular flexibility index (Phi) is 5.68. The van der Waals surface area contributed by atoms with Gasteiger partial charge in [-0.25, -0.2) is 10.1 Å². The number of aromatic nitrogens is 5. The average Bonchev–Trinajstić information content (AvgIpc) is 3.45. The number of nitrogens with two attached hydrogens (primary N) is 1. The number of anilines is 1. The molecule has 0 aliphatic rings. The average molecular weight is 464 g/mol. The predicted octanol–water partition coefficient (Wildman–Crippen LogP) is 1.48. The fourth-order valence-electron chi connectivity index (χ4n) is 2.90. The molecule has 0 aliphatic carbocycles. The summed E-state index contributed by atoms with van der Waals surface area (Å²) in [6, 6.07) is 11.6. The normalized spacial score (nSPS) is 10.9. The third-order valence-corrected chi connectivity index (χ3v) is 4.42. The van der Waals surface area contributed by atoms with E-state index in [-0.39, 0.29) is 28.6 Å². The number of amides is 1. The number of nitro groups is 2. The van der Waals surface area contributed by atoms with Crippen molar-refractivity contribution >= 4 is 29.3 Å². The predicted molar refractivity (Wildman–Crippen MR) is 114 cm³/mol. The Labute approximate surface area is 187 Å². The summed E-state index contributed by atoms with van der Waals surface area (Å²) in [5, 5.41) is 40.7. The Morgan fingerprint density at radius 3 is 2.53 bits per heavy atom. The van der Waals surface area contributed by atoms with E-state index in [0.29, 0.717) is 5.56 Å². The van der Waals surface area contributed by atoms with E-state index in [9.17, 15) is 25.0 Å². The van der Waals surface area contributed by atoms with Crippen molar-refractivity contribution in [1.82, 2.24) is 30.7 Å². The lowest BCUT2D eigenvalue weighted by molar-refractivity contribution is -0.394. The van der Waals surface area contributed by atoms with Crippen LogP contribution in [0.3, 0.4) is 0 Å². The van der Waals surface area contributed by atoms with E-state index >= 15 is 0 Å². The van der Waals surface area contributed by atoms with Crippen molar-refractivity contribution in [2.45, 2.75) is 0 Å². The molecular formula is C18H12N10O6. The molecule has 0 radical (unpaired) electrons. The summed E-state index contributed by atoms with van der Waals surface area (Å²) in [6.07, 6.45) is 0.978. The van der Waals surface area contributed by atoms with E-state index in [1.54, 1.807) is 30.3 Å². The topological polar surface area (TPSA) is 223 Å². The van der Waals surface area contributed by atoms with E-state index in [0.717, 1.165) is 24.4 Å². The second kappa shape index (κ2) is 8.91. The standard InChI is InChI=1S/C18H12N10O6/c19-16-17(24-34-23-16)26-15(10-4-2-1-3-5-10)14(21-25-26)18(29)22-20-9-11-6-7-12(27(30)31)8-13(11)28(32)33/h1-9H,(H2,19,23)(H,22,29)/b20-9+. The molecule has 34 heavy (non-hydrogen) atoms. The summed E-state index contributed by atoms with van der Waals surface area (Å²) in [4.78, 5) is 33.3. The van der Waals surface area contributed by atoms with Crippen molar-refractivity contribution in [1.29, 1.82) is 0 Å². The number of hydrogen-bond donors (Lipinski definition) is 2. The van der Waals surface area contributed by atoms with Gasteiger partial charge in [0.25, 0.3) is 17.3 Å². The summed E-state index contributed by atoms with van der Waals surface area (Å²) in [5.41, 5.74) is 7.44. The van der Waals surface area contributed by atoms with Crippen molar-refractivity contribution in [3.8, 4) is 17.1 Å². The van der Waals surface area contributed by atoms with Crippen LogP contribution in [0.2, 0.25) is 0 Å². The van der Waals surface area contributed by atoms with Crippen LogP contribution in [0.25, 0.3) is 17.1 Å². The molecule has 3 N–H and O–H groups in total. The van der Waals surface area contributed by atoms with Gasteiger partial charge in [-0.15, -0.1) is 5.10 Å². The van der Waals surface area contributed by atoms with E-state index in [4.69, 9.17) is 5.73 Å². The van der Waals surface area contributed by atoms with Crippen LogP contribution in [0.1, 0.15) is 16.1 Å². The highest BCUT2D eigenvalue weighted by Crippen LogP contribution is 2.26. The van der Waals surface area contributed by atoms with Gasteiger partial charge in [0.2, 0.25) is 11.6 Å². The number of carbonyl (C=O) groups is 1. The van der Waals surface area contributed by atoms with Gasteiger partial charge in [-0.1, -0.05) is 35.5 Å². The molecule has 16 nitrogen and oxygen atoms in total. The molecule has 4 aromatic rings. The van der Waals surface area contributed by atoms with Crippen molar-refractivity contribution in [2.75, 3.05) is 5.73 Å². The summed E-state index contributed by atoms with van der Waals surface area (Å²) in [7, 11) is 0. The van der Waals surface area contributed by atoms with Crippen LogP contribution in [-0.4, -0.2) is 47.3 Å². The first-order valence-corrected chi connectivity index (χ1v) is 9.22. The lowest BCUT2D eigenvalue weighted by Gasteiger charge is -2.05. The van der Waals surface area contributed by atoms with Crippen LogP contribution >= 0.6 is 0 Å². The molecular weight excluding hydrogens is 452 g/mol. The van der Waals surface area contributed by atoms with Crippen LogP contribution in [0.4, 0.5) is 17.2 Å². The number of benzene rings is 2. The Morgan fingerprint density at radius 1 is 1.12 bits per heavy atom. The molecule has 0 atom stereocenters. The molecule has 0 bridgehead atoms. The maximum atomic E-state index is 12.8. The molecule has 2 aromatic heterocycles. The molecule has 1 amide bonds. The molecule has 0 saturated carbocycles. The van der Waals surface area contributed by atoms with E-state index in [1.807, 2.05) is 0 Å². The molecule has 4 rings (SSSR count). The molecule has 2 heterocycles. The number of hydrazone groups is 1. The van der Waals surface area contributed by atoms with Crippen molar-refractivity contribution < 1.29 is 19.3 Å². The molecule has 0 fully saturated rings. The van der Waals surface area contributed by atoms with E-state index < -0.39 is 27.1 Å². The molecule has 16 heteroatoms. The fraction of sp³-hybridized carbons (Fsp3) is 0. The van der Waals surface area contributed by atoms with Gasteiger partial charge < -0.3 is 5.73 Å². The number of nitrogens with one attached hydrogen (secondary N) is 1. The highest BCUT2D eigenvalue weighted by Gasteiger charge is 2.25. The van der Waals surface area contributed by atoms with Gasteiger partial charge in [-0.3, -0.25) is 25.0 Å². The zero-order valence-electron chi connectivity index (χ0n) is 16.8. The number of carbonyl (C=O) groups excluding carboxylic acids is 1. The third kappa shape index (κ3) is 4.13. The first-order chi connectivity index (χ1) is 16.4. The monoisotopic (exact) mass is 464 g/mol. The minimum Gasteiger partial charge on any atom is -0.378 e. The van der Waals surface area contributed by atoms with Crippen LogP contribution in [0.5, 0.6) is 0 Å². The van der Waals surface area contributed by atoms with Gasteiger partial charge in [0, 0.05) is 11.6 Å². The molecule has 0 unspecified atom stereocenters. The highest BCUT2D eigenvalue weighted by atomic mass is 16.6. The molecule has 0 saturated heterocycles. The Hall–Kier alpha value is -5.54. The number of rotatable bonds is 7. The molecule has 2 aromatic carbocycles. The zero-order valence-corrected chi connectivity index (χ0v) is 16.8. The van der Waals surface area contributed by atoms with Gasteiger partial charge in [0.05, 0.1) is 27.7 Å². The summed E-state index contributed by atoms with van der Waals surface area (Å²) in [6.45, 7) is 0. The van der Waals surface area contributed by atoms with Crippen molar-refractivity contribution in [3.63, 3.8) is 0 Å². The summed E-state index contributed by atoms with van der Waals surface area (Å²) >= 11 is 0. The van der Waals surface area contributed by atoms with Crippen LogP contribution in [-0.2, 0) is 0 Å². The highest BCUT2D eigenvalue weighted by molar-refractivity contribution is 5.99. The molecule has 0 aliphatic heterocycles. The largest absolute Gasteiger partial charge is 0.378 e. The Morgan fingerprint density at radius 2 is 1.88 bits per heavy atom. The van der Waals surface area contributed by atoms with Gasteiger partial charge in [-0.05, 0) is 16.4 Å². The first kappa shape index (κ1) is 21.7. The minimum absolute atomic E-state index is 0.00964. The smallest absolute Gasteiger partial charge is 0.294 e. The summed E-state index contributed by atoms with van der Waals surface area (Å²) < 4.78 is 5.76. The number of non-ortho nitro benzene ring substituents is 1. The Balaban J connectivity index is 1.66. The number of hydrogen-bond acceptors (Lipinski definition) is 12. The second-order valence-corrected chi connectivity index (χ2v) is 6.49. The van der Waals surface area contributed by atoms with Gasteiger partial charge in [-0.2, -0.15) is 9.78 Å². The number of nitrogen functional groups attached to an aromatic ring is 1. The minimum atomic E-state index is -0.805. The SMILES string of the molecule is Nc1nonc1-n1nnc(C(=O)N/N=C/c2ccc([N+](=O)[O-])cc2[N+](=O)[O-])c1-c1ccccc1. The Bertz CT molecular complexity index is 1430. The maximum Gasteiger partial charge on any atom is 0.294 e. The zero-order chi connectivity index (χ0) is 24.2. The van der Waals surface area contributed by atoms with Gasteiger partial charge in [0.1, 0.15) is 5.69 Å². The van der Waals surface area contributed by atoms with Gasteiger partial charge >= 0.3 is 0 Å². The summed E-state index contributed by atoms with van der Waals surface area (Å²) in [5.74, 6) is -0.881. The van der Waals surface area contributed by atoms with Crippen LogP contribution in [0.15, 0.2) is 58.3 Å². The third-order valence-electron chi connectivity index (χ3n) is 4.42. The lowest BCUT2D eigenvalue weighted by Crippen LogP contribution is -2.19. The maximum absolute atomic E-state index is 12.8. The van der Waals surface area contributed by atoms with E-state index in [1.165, 1.54) is 4.68 Å². The van der Waals surface area contributed by atoms with Crippen LogP contribution < -0.4 is 11.2 Å². The van der Waals surface area contributed by atoms with Gasteiger partial charge in [0.15, 0.2) is 5.69 Å². The molecule has 0 spiro atoms. The number of nitrogens with zero attached hydrogens (tertiary/aromatic N) is 8. The molecule has 170 valence electrons. The second-order valence-electron chi connectivity index (χ2n) is 6.49. The van der Waals surface area contributed by atoms with Crippen molar-refractivity contribution in [3.05, 3.63) is 80.0 Å². The fourth-order valence-corrected chi connectivity index (χ4v) is 2.90. The quantitative estimate of drug-likeness (QED) is 0.226.